The van der Waals surface area contributed by atoms with Gasteiger partial charge in [-0.15, -0.1) is 0 Å². The van der Waals surface area contributed by atoms with Gasteiger partial charge in [0.25, 0.3) is 5.91 Å². The third-order valence-corrected chi connectivity index (χ3v) is 5.41. The van der Waals surface area contributed by atoms with E-state index < -0.39 is 0 Å². The Balaban J connectivity index is 1.66. The molecule has 0 saturated heterocycles. The fourth-order valence-corrected chi connectivity index (χ4v) is 3.35. The zero-order valence-electron chi connectivity index (χ0n) is 18.6. The molecular formula is C24H28N2O6S. The summed E-state index contributed by atoms with van der Waals surface area (Å²) in [5.74, 6) is 0.548. The van der Waals surface area contributed by atoms with Crippen molar-refractivity contribution in [3.05, 3.63) is 65.4 Å². The molecule has 0 saturated carbocycles. The summed E-state index contributed by atoms with van der Waals surface area (Å²) in [6.07, 6.45) is 0.669. The molecule has 0 radical (unpaired) electrons. The van der Waals surface area contributed by atoms with Crippen LogP contribution in [0.2, 0.25) is 0 Å². The first kappa shape index (κ1) is 24.7. The monoisotopic (exact) mass is 472 g/mol. The quantitative estimate of drug-likeness (QED) is 0.208. The second kappa shape index (κ2) is 12.3. The first-order chi connectivity index (χ1) is 16.1. The van der Waals surface area contributed by atoms with Gasteiger partial charge in [-0.2, -0.15) is 0 Å². The summed E-state index contributed by atoms with van der Waals surface area (Å²) in [5.41, 5.74) is 3.96. The number of fused-ring (bicyclic) bond motifs is 1. The van der Waals surface area contributed by atoms with Crippen molar-refractivity contribution in [1.29, 1.82) is 0 Å². The number of methoxy groups -OCH3 is 1. The molecular weight excluding hydrogens is 444 g/mol. The maximum absolute atomic E-state index is 13.1. The minimum Gasteiger partial charge on any atom is -0.491 e. The average molecular weight is 473 g/mol. The topological polar surface area (TPSA) is 102 Å². The molecule has 33 heavy (non-hydrogen) atoms. The van der Waals surface area contributed by atoms with E-state index in [1.807, 2.05) is 36.7 Å². The summed E-state index contributed by atoms with van der Waals surface area (Å²) in [6.45, 7) is 3.38. The van der Waals surface area contributed by atoms with E-state index in [4.69, 9.17) is 36.1 Å². The van der Waals surface area contributed by atoms with Crippen LogP contribution < -0.4 is 15.5 Å². The fraction of sp³-hybridized carbons (Fsp3) is 0.333. The van der Waals surface area contributed by atoms with Crippen LogP contribution in [0.5, 0.6) is 5.75 Å². The molecule has 3 aromatic rings. The van der Waals surface area contributed by atoms with Gasteiger partial charge in [0.15, 0.2) is 5.76 Å². The van der Waals surface area contributed by atoms with E-state index >= 15 is 0 Å². The fourth-order valence-electron chi connectivity index (χ4n) is 3.22. The molecule has 3 N–H and O–H groups in total. The van der Waals surface area contributed by atoms with Crippen LogP contribution in [0.1, 0.15) is 35.0 Å². The van der Waals surface area contributed by atoms with Crippen molar-refractivity contribution < 1.29 is 28.6 Å². The molecule has 0 bridgehead atoms. The Hall–Kier alpha value is -2.98. The van der Waals surface area contributed by atoms with E-state index in [0.717, 1.165) is 5.39 Å². The van der Waals surface area contributed by atoms with Crippen LogP contribution in [0.25, 0.3) is 11.0 Å². The number of hydrogen-bond donors (Lipinski definition) is 3. The van der Waals surface area contributed by atoms with Gasteiger partial charge in [-0.1, -0.05) is 37.3 Å². The zero-order valence-corrected chi connectivity index (χ0v) is 19.4. The lowest BCUT2D eigenvalue weighted by Crippen LogP contribution is -2.38. The molecule has 1 amide bonds. The number of amides is 1. The van der Waals surface area contributed by atoms with Gasteiger partial charge in [0.2, 0.25) is 0 Å². The number of carbonyl (C=O) groups is 1. The molecule has 0 unspecified atom stereocenters. The molecule has 2 aromatic carbocycles. The van der Waals surface area contributed by atoms with E-state index in [9.17, 15) is 4.79 Å². The van der Waals surface area contributed by atoms with Gasteiger partial charge >= 0.3 is 0 Å². The maximum atomic E-state index is 13.1. The minimum atomic E-state index is -0.318. The Kier molecular flexibility index (Phi) is 9.20. The molecule has 0 aliphatic rings. The average Bonchev–Trinajstić information content (AvgIpc) is 3.23. The molecule has 9 heteroatoms. The number of thiocarbonyl (C=S) groups is 1. The van der Waals surface area contributed by atoms with Crippen molar-refractivity contribution >= 4 is 34.1 Å². The molecule has 0 fully saturated rings. The number of nitrogens with one attached hydrogen (secondary N) is 2. The molecule has 8 nitrogen and oxygen atoms in total. The highest BCUT2D eigenvalue weighted by atomic mass is 32.1. The molecule has 0 aliphatic heterocycles. The molecule has 3 rings (SSSR count). The van der Waals surface area contributed by atoms with E-state index in [1.165, 1.54) is 0 Å². The van der Waals surface area contributed by atoms with Crippen LogP contribution in [0.15, 0.2) is 52.9 Å². The van der Waals surface area contributed by atoms with E-state index in [2.05, 4.69) is 5.32 Å². The second-order valence-corrected chi connectivity index (χ2v) is 7.71. The van der Waals surface area contributed by atoms with Crippen LogP contribution in [0.4, 0.5) is 0 Å². The first-order valence-electron chi connectivity index (χ1n) is 10.6. The lowest BCUT2D eigenvalue weighted by Gasteiger charge is -2.18. The third kappa shape index (κ3) is 6.52. The van der Waals surface area contributed by atoms with Crippen molar-refractivity contribution in [2.75, 3.05) is 26.9 Å². The summed E-state index contributed by atoms with van der Waals surface area (Å²) in [7, 11) is 1.61. The van der Waals surface area contributed by atoms with Gasteiger partial charge in [0.05, 0.1) is 25.9 Å². The number of rotatable bonds is 12. The Morgan fingerprint density at radius 1 is 1.15 bits per heavy atom. The smallest absolute Gasteiger partial charge is 0.287 e. The van der Waals surface area contributed by atoms with Gasteiger partial charge in [-0.3, -0.25) is 15.5 Å². The summed E-state index contributed by atoms with van der Waals surface area (Å²) in [6, 6.07) is 14.3. The number of ether oxygens (including phenoxy) is 3. The molecule has 1 atom stereocenters. The van der Waals surface area contributed by atoms with Gasteiger partial charge in [0.1, 0.15) is 22.9 Å². The normalized spacial score (nSPS) is 11.8. The number of hydrogen-bond acceptors (Lipinski definition) is 7. The number of para-hydroxylation sites is 1. The van der Waals surface area contributed by atoms with Crippen LogP contribution in [0.3, 0.4) is 0 Å². The summed E-state index contributed by atoms with van der Waals surface area (Å²) >= 11 is 4.98. The predicted octanol–water partition coefficient (Wildman–Crippen LogP) is 3.84. The summed E-state index contributed by atoms with van der Waals surface area (Å²) < 4.78 is 22.4. The van der Waals surface area contributed by atoms with Gasteiger partial charge in [0, 0.05) is 23.6 Å². The number of furan rings is 1. The zero-order chi connectivity index (χ0) is 23.6. The number of carbonyl (C=O) groups excluding carboxylic acids is 1. The first-order valence-corrected chi connectivity index (χ1v) is 11.0. The minimum absolute atomic E-state index is 0.229. The van der Waals surface area contributed by atoms with Crippen molar-refractivity contribution in [2.45, 2.75) is 26.0 Å². The van der Waals surface area contributed by atoms with Gasteiger partial charge in [-0.05, 0) is 36.8 Å². The molecule has 176 valence electrons. The lowest BCUT2D eigenvalue weighted by molar-refractivity contribution is 0.0608. The molecule has 1 aromatic heterocycles. The maximum Gasteiger partial charge on any atom is 0.287 e. The highest BCUT2D eigenvalue weighted by molar-refractivity contribution is 7.80. The predicted molar refractivity (Wildman–Crippen MR) is 128 cm³/mol. The van der Waals surface area contributed by atoms with Crippen molar-refractivity contribution in [1.82, 2.24) is 10.8 Å². The Morgan fingerprint density at radius 2 is 1.91 bits per heavy atom. The Morgan fingerprint density at radius 3 is 2.61 bits per heavy atom. The van der Waals surface area contributed by atoms with Crippen molar-refractivity contribution in [2.24, 2.45) is 0 Å². The SMILES string of the molecule is CC[C@@H](COc1ccc(C(=S)NO)cc1)NC(=O)c1oc2ccccc2c1COCCOC. The molecule has 0 aliphatic carbocycles. The third-order valence-electron chi connectivity index (χ3n) is 5.08. The van der Waals surface area contributed by atoms with E-state index in [1.54, 1.807) is 31.4 Å². The highest BCUT2D eigenvalue weighted by Crippen LogP contribution is 2.27. The van der Waals surface area contributed by atoms with E-state index in [-0.39, 0.29) is 35.9 Å². The van der Waals surface area contributed by atoms with Crippen molar-refractivity contribution in [3.63, 3.8) is 0 Å². The molecule has 1 heterocycles. The van der Waals surface area contributed by atoms with Gasteiger partial charge in [-0.25, -0.2) is 0 Å². The number of hydroxylamine groups is 1. The van der Waals surface area contributed by atoms with Crippen LogP contribution in [0, 0.1) is 0 Å². The second-order valence-electron chi connectivity index (χ2n) is 7.31. The molecule has 0 spiro atoms. The van der Waals surface area contributed by atoms with Crippen LogP contribution in [-0.2, 0) is 16.1 Å². The van der Waals surface area contributed by atoms with Crippen LogP contribution in [-0.4, -0.2) is 49.1 Å². The standard InChI is InChI=1S/C24H28N2O6S/c1-3-17(14-31-18-10-8-16(9-11-18)24(33)26-28)25-23(27)22-20(15-30-13-12-29-2)19-6-4-5-7-21(19)32-22/h4-11,17,28H,3,12-15H2,1-2H3,(H,25,27)(H,26,33)/t17-/m0/s1. The lowest BCUT2D eigenvalue weighted by atomic mass is 10.1. The van der Waals surface area contributed by atoms with Gasteiger partial charge < -0.3 is 23.9 Å². The number of benzene rings is 2. The Bertz CT molecular complexity index is 1070. The largest absolute Gasteiger partial charge is 0.491 e. The van der Waals surface area contributed by atoms with Crippen molar-refractivity contribution in [3.8, 4) is 5.75 Å². The van der Waals surface area contributed by atoms with Crippen LogP contribution >= 0.6 is 12.2 Å². The summed E-state index contributed by atoms with van der Waals surface area (Å²) in [4.78, 5) is 13.3. The Labute approximate surface area is 197 Å². The highest BCUT2D eigenvalue weighted by Gasteiger charge is 2.23. The summed E-state index contributed by atoms with van der Waals surface area (Å²) in [5, 5.41) is 12.7. The van der Waals surface area contributed by atoms with E-state index in [0.29, 0.717) is 42.1 Å².